The average molecular weight is 376 g/mol. The highest BCUT2D eigenvalue weighted by Crippen LogP contribution is 2.69. The molecule has 4 fully saturated rings. The lowest BCUT2D eigenvalue weighted by Crippen LogP contribution is -2.62. The molecule has 1 spiro atoms. The number of carbonyl (C=O) groups is 1. The van der Waals surface area contributed by atoms with Crippen LogP contribution in [0.4, 0.5) is 0 Å². The van der Waals surface area contributed by atoms with Crippen molar-refractivity contribution in [3.63, 3.8) is 0 Å². The Labute approximate surface area is 159 Å². The number of hydrogen-bond donors (Lipinski definition) is 1. The normalized spacial score (nSPS) is 48.6. The van der Waals surface area contributed by atoms with Gasteiger partial charge < -0.3 is 23.7 Å². The predicted molar refractivity (Wildman–Crippen MR) is 94.4 cm³/mol. The first-order valence-electron chi connectivity index (χ1n) is 10.1. The molecule has 2 aliphatic carbocycles. The van der Waals surface area contributed by atoms with Crippen molar-refractivity contribution in [3.8, 4) is 0 Å². The van der Waals surface area contributed by atoms with E-state index in [9.17, 15) is 9.90 Å². The molecule has 8 atom stereocenters. The van der Waals surface area contributed by atoms with Crippen molar-refractivity contribution < 1.29 is 28.5 Å². The van der Waals surface area contributed by atoms with Crippen LogP contribution in [-0.4, -0.2) is 37.2 Å². The number of rotatable bonds is 3. The van der Waals surface area contributed by atoms with E-state index >= 15 is 0 Å². The molecule has 2 aliphatic heterocycles. The van der Waals surface area contributed by atoms with E-state index < -0.39 is 10.8 Å². The summed E-state index contributed by atoms with van der Waals surface area (Å²) in [6.45, 7) is 2.18. The molecule has 1 aromatic heterocycles. The van der Waals surface area contributed by atoms with Crippen LogP contribution in [0.15, 0.2) is 23.0 Å². The van der Waals surface area contributed by atoms with Crippen LogP contribution < -0.4 is 0 Å². The van der Waals surface area contributed by atoms with Gasteiger partial charge in [-0.25, -0.2) is 0 Å². The zero-order valence-corrected chi connectivity index (χ0v) is 15.9. The lowest BCUT2D eigenvalue weighted by atomic mass is 9.43. The maximum Gasteiger partial charge on any atom is 0.313 e. The summed E-state index contributed by atoms with van der Waals surface area (Å²) >= 11 is 0. The molecule has 4 aliphatic rings. The molecule has 0 amide bonds. The SMILES string of the molecule is COC1OC2CC(C)C3(CC(c4ccoc4)OC3=O)C3CCCC1C23CO. The summed E-state index contributed by atoms with van der Waals surface area (Å²) in [6, 6.07) is 1.87. The Balaban J connectivity index is 1.59. The first-order chi connectivity index (χ1) is 13.1. The van der Waals surface area contributed by atoms with Crippen LogP contribution in [0, 0.1) is 28.6 Å². The molecule has 148 valence electrons. The third kappa shape index (κ3) is 2.09. The molecule has 2 saturated carbocycles. The zero-order chi connectivity index (χ0) is 18.8. The fourth-order valence-electron chi connectivity index (χ4n) is 7.01. The van der Waals surface area contributed by atoms with Gasteiger partial charge in [-0.05, 0) is 37.2 Å². The van der Waals surface area contributed by atoms with Crippen molar-refractivity contribution in [1.82, 2.24) is 0 Å². The number of aliphatic hydroxyl groups is 1. The first kappa shape index (κ1) is 17.7. The molecular weight excluding hydrogens is 348 g/mol. The number of esters is 1. The summed E-state index contributed by atoms with van der Waals surface area (Å²) in [5, 5.41) is 10.6. The Morgan fingerprint density at radius 2 is 2.22 bits per heavy atom. The fourth-order valence-corrected chi connectivity index (χ4v) is 7.01. The smallest absolute Gasteiger partial charge is 0.313 e. The van der Waals surface area contributed by atoms with Crippen LogP contribution in [0.25, 0.3) is 0 Å². The molecule has 5 rings (SSSR count). The van der Waals surface area contributed by atoms with Crippen molar-refractivity contribution in [1.29, 1.82) is 0 Å². The van der Waals surface area contributed by atoms with Crippen molar-refractivity contribution >= 4 is 5.97 Å². The number of ether oxygens (including phenoxy) is 3. The Morgan fingerprint density at radius 3 is 2.93 bits per heavy atom. The predicted octanol–water partition coefficient (Wildman–Crippen LogP) is 3.06. The highest BCUT2D eigenvalue weighted by molar-refractivity contribution is 5.80. The van der Waals surface area contributed by atoms with E-state index in [1.165, 1.54) is 0 Å². The molecule has 1 N–H and O–H groups in total. The molecule has 0 bridgehead atoms. The van der Waals surface area contributed by atoms with Gasteiger partial charge in [0, 0.05) is 30.4 Å². The van der Waals surface area contributed by atoms with Gasteiger partial charge in [-0.3, -0.25) is 4.79 Å². The standard InChI is InChI=1S/C21H28O6/c1-12-8-17-21(11-22)14(18(24-2)27-17)4-3-5-16(21)20(12)9-15(26-19(20)23)13-6-7-25-10-13/h6-7,10,12,14-18,22H,3-5,8-9,11H2,1-2H3. The summed E-state index contributed by atoms with van der Waals surface area (Å²) in [5.41, 5.74) is -0.0842. The van der Waals surface area contributed by atoms with E-state index in [0.29, 0.717) is 6.42 Å². The molecule has 6 heteroatoms. The third-order valence-corrected chi connectivity index (χ3v) is 8.22. The van der Waals surface area contributed by atoms with E-state index in [2.05, 4.69) is 6.92 Å². The van der Waals surface area contributed by atoms with Gasteiger partial charge in [0.1, 0.15) is 6.10 Å². The van der Waals surface area contributed by atoms with E-state index in [1.54, 1.807) is 19.6 Å². The number of hydrogen-bond acceptors (Lipinski definition) is 6. The van der Waals surface area contributed by atoms with Gasteiger partial charge in [-0.15, -0.1) is 0 Å². The second-order valence-electron chi connectivity index (χ2n) is 8.92. The Hall–Kier alpha value is -1.37. The Kier molecular flexibility index (Phi) is 3.98. The molecular formula is C21H28O6. The minimum Gasteiger partial charge on any atom is -0.472 e. The van der Waals surface area contributed by atoms with Crippen LogP contribution in [0.5, 0.6) is 0 Å². The summed E-state index contributed by atoms with van der Waals surface area (Å²) < 4.78 is 23.0. The number of methoxy groups -OCH3 is 1. The molecule has 8 unspecified atom stereocenters. The number of cyclic esters (lactones) is 1. The quantitative estimate of drug-likeness (QED) is 0.817. The van der Waals surface area contributed by atoms with E-state index in [1.807, 2.05) is 6.07 Å². The molecule has 2 saturated heterocycles. The van der Waals surface area contributed by atoms with Crippen molar-refractivity contribution in [3.05, 3.63) is 24.2 Å². The number of fused-ring (bicyclic) bond motifs is 1. The van der Waals surface area contributed by atoms with Gasteiger partial charge >= 0.3 is 5.97 Å². The van der Waals surface area contributed by atoms with Crippen LogP contribution in [0.3, 0.4) is 0 Å². The minimum atomic E-state index is -0.578. The van der Waals surface area contributed by atoms with Crippen LogP contribution in [0.1, 0.15) is 50.7 Å². The zero-order valence-electron chi connectivity index (χ0n) is 15.9. The molecule has 3 heterocycles. The maximum atomic E-state index is 13.4. The van der Waals surface area contributed by atoms with E-state index in [4.69, 9.17) is 18.6 Å². The number of aliphatic hydroxyl groups excluding tert-OH is 1. The van der Waals surface area contributed by atoms with Gasteiger partial charge in [-0.1, -0.05) is 13.3 Å². The van der Waals surface area contributed by atoms with Crippen LogP contribution >= 0.6 is 0 Å². The van der Waals surface area contributed by atoms with Gasteiger partial charge in [-0.2, -0.15) is 0 Å². The lowest BCUT2D eigenvalue weighted by Gasteiger charge is -2.58. The van der Waals surface area contributed by atoms with Crippen molar-refractivity contribution in [2.24, 2.45) is 28.6 Å². The first-order valence-corrected chi connectivity index (χ1v) is 10.1. The Morgan fingerprint density at radius 1 is 1.37 bits per heavy atom. The highest BCUT2D eigenvalue weighted by atomic mass is 16.7. The lowest BCUT2D eigenvalue weighted by molar-refractivity contribution is -0.185. The highest BCUT2D eigenvalue weighted by Gasteiger charge is 2.73. The van der Waals surface area contributed by atoms with Crippen LogP contribution in [-0.2, 0) is 19.0 Å². The number of furan rings is 1. The molecule has 0 radical (unpaired) electrons. The monoisotopic (exact) mass is 376 g/mol. The average Bonchev–Trinajstić information content (AvgIpc) is 3.38. The van der Waals surface area contributed by atoms with E-state index in [-0.39, 0.29) is 48.8 Å². The Bertz CT molecular complexity index is 716. The van der Waals surface area contributed by atoms with Crippen molar-refractivity contribution in [2.75, 3.05) is 13.7 Å². The van der Waals surface area contributed by atoms with Crippen LogP contribution in [0.2, 0.25) is 0 Å². The topological polar surface area (TPSA) is 78.1 Å². The maximum absolute atomic E-state index is 13.4. The van der Waals surface area contributed by atoms with Crippen molar-refractivity contribution in [2.45, 2.75) is 57.5 Å². The number of carbonyl (C=O) groups excluding carboxylic acids is 1. The minimum absolute atomic E-state index is 0.0327. The van der Waals surface area contributed by atoms with Gasteiger partial charge in [0.2, 0.25) is 0 Å². The summed E-state index contributed by atoms with van der Waals surface area (Å²) in [7, 11) is 1.68. The molecule has 6 nitrogen and oxygen atoms in total. The second-order valence-corrected chi connectivity index (χ2v) is 8.92. The summed E-state index contributed by atoms with van der Waals surface area (Å²) in [4.78, 5) is 13.4. The third-order valence-electron chi connectivity index (χ3n) is 8.22. The largest absolute Gasteiger partial charge is 0.472 e. The summed E-state index contributed by atoms with van der Waals surface area (Å²) in [6.07, 6.45) is 6.96. The van der Waals surface area contributed by atoms with Gasteiger partial charge in [0.05, 0.1) is 30.7 Å². The van der Waals surface area contributed by atoms with Gasteiger partial charge in [0.25, 0.3) is 0 Å². The van der Waals surface area contributed by atoms with Gasteiger partial charge in [0.15, 0.2) is 6.29 Å². The molecule has 0 aromatic carbocycles. The molecule has 27 heavy (non-hydrogen) atoms. The second kappa shape index (κ2) is 6.06. The fraction of sp³-hybridized carbons (Fsp3) is 0.762. The van der Waals surface area contributed by atoms with E-state index in [0.717, 1.165) is 31.2 Å². The summed E-state index contributed by atoms with van der Waals surface area (Å²) in [5.74, 6) is 0.193. The molecule has 1 aromatic rings.